The molecule has 0 atom stereocenters. The first-order valence-electron chi connectivity index (χ1n) is 4.59. The topological polar surface area (TPSA) is 46.5 Å². The van der Waals surface area contributed by atoms with E-state index >= 15 is 0 Å². The lowest BCUT2D eigenvalue weighted by molar-refractivity contribution is -0.137. The molecule has 0 saturated heterocycles. The van der Waals surface area contributed by atoms with E-state index in [1.807, 2.05) is 18.4 Å². The number of aryl methyl sites for hydroxylation is 1. The zero-order chi connectivity index (χ0) is 10.4. The van der Waals surface area contributed by atoms with E-state index in [2.05, 4.69) is 0 Å². The molecule has 1 N–H and O–H groups in total. The van der Waals surface area contributed by atoms with Gasteiger partial charge in [0.1, 0.15) is 0 Å². The summed E-state index contributed by atoms with van der Waals surface area (Å²) < 4.78 is 5.48. The standard InChI is InChI=1S/C10H14O3S/c1-8-5-7-14-10(8)13-6-3-2-4-9(11)12/h5,7H,2-4,6H2,1H3,(H,11,12). The summed E-state index contributed by atoms with van der Waals surface area (Å²) in [5.41, 5.74) is 1.15. The molecule has 0 radical (unpaired) electrons. The van der Waals surface area contributed by atoms with Gasteiger partial charge in [-0.2, -0.15) is 0 Å². The van der Waals surface area contributed by atoms with Crippen molar-refractivity contribution < 1.29 is 14.6 Å². The number of carboxylic acids is 1. The second-order valence-corrected chi connectivity index (χ2v) is 3.97. The fraction of sp³-hybridized carbons (Fsp3) is 0.500. The molecule has 1 rings (SSSR count). The summed E-state index contributed by atoms with van der Waals surface area (Å²) >= 11 is 1.58. The molecule has 0 amide bonds. The summed E-state index contributed by atoms with van der Waals surface area (Å²) in [6.45, 7) is 2.61. The van der Waals surface area contributed by atoms with Crippen LogP contribution in [-0.2, 0) is 4.79 Å². The van der Waals surface area contributed by atoms with Crippen LogP contribution in [-0.4, -0.2) is 17.7 Å². The smallest absolute Gasteiger partial charge is 0.303 e. The van der Waals surface area contributed by atoms with Crippen molar-refractivity contribution in [3.8, 4) is 5.06 Å². The predicted octanol–water partition coefficient (Wildman–Crippen LogP) is 2.69. The molecule has 0 aromatic carbocycles. The zero-order valence-corrected chi connectivity index (χ0v) is 8.97. The Morgan fingerprint density at radius 2 is 2.36 bits per heavy atom. The fourth-order valence-electron chi connectivity index (χ4n) is 1.05. The first-order valence-corrected chi connectivity index (χ1v) is 5.47. The van der Waals surface area contributed by atoms with Gasteiger partial charge in [0.25, 0.3) is 0 Å². The van der Waals surface area contributed by atoms with Crippen LogP contribution in [0.4, 0.5) is 0 Å². The van der Waals surface area contributed by atoms with Crippen LogP contribution in [0.2, 0.25) is 0 Å². The number of rotatable bonds is 6. The van der Waals surface area contributed by atoms with Crippen LogP contribution < -0.4 is 4.74 Å². The number of aliphatic carboxylic acids is 1. The molecule has 78 valence electrons. The van der Waals surface area contributed by atoms with Crippen LogP contribution in [0.25, 0.3) is 0 Å². The minimum atomic E-state index is -0.739. The number of hydrogen-bond acceptors (Lipinski definition) is 3. The van der Waals surface area contributed by atoms with E-state index in [1.54, 1.807) is 11.3 Å². The first-order chi connectivity index (χ1) is 6.70. The molecule has 0 unspecified atom stereocenters. The average Bonchev–Trinajstić information content (AvgIpc) is 2.51. The zero-order valence-electron chi connectivity index (χ0n) is 8.16. The Morgan fingerprint density at radius 1 is 1.57 bits per heavy atom. The van der Waals surface area contributed by atoms with Gasteiger partial charge in [0.05, 0.1) is 6.61 Å². The third kappa shape index (κ3) is 3.79. The molecule has 0 bridgehead atoms. The molecular formula is C10H14O3S. The number of carboxylic acid groups (broad SMARTS) is 1. The molecule has 1 aromatic rings. The second kappa shape index (κ2) is 5.65. The number of hydrogen-bond donors (Lipinski definition) is 1. The Labute approximate surface area is 87.3 Å². The van der Waals surface area contributed by atoms with Crippen LogP contribution in [0.3, 0.4) is 0 Å². The molecule has 0 fully saturated rings. The molecular weight excluding hydrogens is 200 g/mol. The van der Waals surface area contributed by atoms with Crippen molar-refractivity contribution in [2.24, 2.45) is 0 Å². The minimum absolute atomic E-state index is 0.229. The third-order valence-electron chi connectivity index (χ3n) is 1.83. The molecule has 0 aliphatic heterocycles. The Balaban J connectivity index is 2.10. The lowest BCUT2D eigenvalue weighted by Gasteiger charge is -2.03. The highest BCUT2D eigenvalue weighted by molar-refractivity contribution is 7.12. The van der Waals surface area contributed by atoms with Crippen molar-refractivity contribution in [2.75, 3.05) is 6.61 Å². The van der Waals surface area contributed by atoms with Gasteiger partial charge in [0, 0.05) is 12.0 Å². The monoisotopic (exact) mass is 214 g/mol. The summed E-state index contributed by atoms with van der Waals surface area (Å²) in [5.74, 6) is -0.739. The van der Waals surface area contributed by atoms with E-state index in [4.69, 9.17) is 9.84 Å². The summed E-state index contributed by atoms with van der Waals surface area (Å²) in [6, 6.07) is 2.01. The highest BCUT2D eigenvalue weighted by Crippen LogP contribution is 2.24. The van der Waals surface area contributed by atoms with E-state index in [0.29, 0.717) is 13.0 Å². The van der Waals surface area contributed by atoms with Gasteiger partial charge in [0.15, 0.2) is 5.06 Å². The van der Waals surface area contributed by atoms with Crippen LogP contribution in [0.5, 0.6) is 5.06 Å². The molecule has 0 spiro atoms. The maximum absolute atomic E-state index is 10.2. The van der Waals surface area contributed by atoms with Crippen molar-refractivity contribution in [3.05, 3.63) is 17.0 Å². The SMILES string of the molecule is Cc1ccsc1OCCCCC(=O)O. The van der Waals surface area contributed by atoms with Crippen molar-refractivity contribution in [1.82, 2.24) is 0 Å². The summed E-state index contributed by atoms with van der Waals surface area (Å²) in [6.07, 6.45) is 1.70. The fourth-order valence-corrected chi connectivity index (χ4v) is 1.85. The van der Waals surface area contributed by atoms with E-state index in [9.17, 15) is 4.79 Å². The Kier molecular flexibility index (Phi) is 4.46. The van der Waals surface area contributed by atoms with Crippen LogP contribution in [0.15, 0.2) is 11.4 Å². The molecule has 4 heteroatoms. The summed E-state index contributed by atoms with van der Waals surface area (Å²) in [5, 5.41) is 11.3. The second-order valence-electron chi connectivity index (χ2n) is 3.09. The van der Waals surface area contributed by atoms with Crippen molar-refractivity contribution in [1.29, 1.82) is 0 Å². The van der Waals surface area contributed by atoms with Gasteiger partial charge in [-0.05, 0) is 31.2 Å². The third-order valence-corrected chi connectivity index (χ3v) is 2.76. The quantitative estimate of drug-likeness (QED) is 0.740. The predicted molar refractivity (Wildman–Crippen MR) is 56.0 cm³/mol. The maximum Gasteiger partial charge on any atom is 0.303 e. The molecule has 1 aromatic heterocycles. The highest BCUT2D eigenvalue weighted by atomic mass is 32.1. The minimum Gasteiger partial charge on any atom is -0.484 e. The number of unbranched alkanes of at least 4 members (excludes halogenated alkanes) is 1. The number of carbonyl (C=O) groups is 1. The number of ether oxygens (including phenoxy) is 1. The van der Waals surface area contributed by atoms with E-state index < -0.39 is 5.97 Å². The van der Waals surface area contributed by atoms with E-state index in [-0.39, 0.29) is 6.42 Å². The summed E-state index contributed by atoms with van der Waals surface area (Å²) in [4.78, 5) is 10.2. The van der Waals surface area contributed by atoms with Crippen LogP contribution >= 0.6 is 11.3 Å². The Morgan fingerprint density at radius 3 is 2.93 bits per heavy atom. The first kappa shape index (κ1) is 11.0. The van der Waals surface area contributed by atoms with Gasteiger partial charge in [-0.25, -0.2) is 0 Å². The maximum atomic E-state index is 10.2. The van der Waals surface area contributed by atoms with Gasteiger partial charge < -0.3 is 9.84 Å². The Bertz CT molecular complexity index is 293. The Hall–Kier alpha value is -1.03. The van der Waals surface area contributed by atoms with Crippen LogP contribution in [0, 0.1) is 6.92 Å². The highest BCUT2D eigenvalue weighted by Gasteiger charge is 2.00. The molecule has 0 saturated carbocycles. The summed E-state index contributed by atoms with van der Waals surface area (Å²) in [7, 11) is 0. The molecule has 1 heterocycles. The van der Waals surface area contributed by atoms with Crippen molar-refractivity contribution >= 4 is 17.3 Å². The molecule has 14 heavy (non-hydrogen) atoms. The lowest BCUT2D eigenvalue weighted by atomic mass is 10.2. The lowest BCUT2D eigenvalue weighted by Crippen LogP contribution is -1.99. The van der Waals surface area contributed by atoms with Crippen molar-refractivity contribution in [3.63, 3.8) is 0 Å². The molecule has 0 aliphatic rings. The van der Waals surface area contributed by atoms with Gasteiger partial charge >= 0.3 is 5.97 Å². The van der Waals surface area contributed by atoms with Gasteiger partial charge in [0.2, 0.25) is 0 Å². The number of thiophene rings is 1. The van der Waals surface area contributed by atoms with E-state index in [0.717, 1.165) is 17.0 Å². The van der Waals surface area contributed by atoms with Gasteiger partial charge in [-0.15, -0.1) is 11.3 Å². The van der Waals surface area contributed by atoms with Gasteiger partial charge in [-0.1, -0.05) is 0 Å². The largest absolute Gasteiger partial charge is 0.484 e. The normalized spacial score (nSPS) is 10.1. The van der Waals surface area contributed by atoms with E-state index in [1.165, 1.54) is 0 Å². The van der Waals surface area contributed by atoms with Crippen molar-refractivity contribution in [2.45, 2.75) is 26.2 Å². The molecule has 3 nitrogen and oxygen atoms in total. The van der Waals surface area contributed by atoms with Crippen LogP contribution in [0.1, 0.15) is 24.8 Å². The average molecular weight is 214 g/mol. The molecule has 0 aliphatic carbocycles. The van der Waals surface area contributed by atoms with Gasteiger partial charge in [-0.3, -0.25) is 4.79 Å².